The van der Waals surface area contributed by atoms with Crippen molar-refractivity contribution in [2.45, 2.75) is 19.4 Å². The second-order valence-corrected chi connectivity index (χ2v) is 4.59. The zero-order valence-electron chi connectivity index (χ0n) is 11.4. The minimum absolute atomic E-state index is 0.248. The average molecular weight is 294 g/mol. The molecular formula is C14H16F2N4O. The Morgan fingerprint density at radius 1 is 1.33 bits per heavy atom. The number of nitrogens with two attached hydrogens (primary N) is 1. The molecule has 7 heteroatoms. The number of amides is 1. The van der Waals surface area contributed by atoms with E-state index in [1.807, 2.05) is 10.8 Å². The second kappa shape index (κ2) is 6.83. The van der Waals surface area contributed by atoms with Gasteiger partial charge in [-0.2, -0.15) is 0 Å². The Morgan fingerprint density at radius 3 is 2.86 bits per heavy atom. The largest absolute Gasteiger partial charge is 0.396 e. The van der Waals surface area contributed by atoms with Crippen LogP contribution in [0.25, 0.3) is 0 Å². The number of hydrogen-bond acceptors (Lipinski definition) is 3. The number of aromatic nitrogens is 2. The number of hydrogen-bond donors (Lipinski definition) is 2. The van der Waals surface area contributed by atoms with Crippen LogP contribution in [0.1, 0.15) is 23.2 Å². The molecule has 21 heavy (non-hydrogen) atoms. The van der Waals surface area contributed by atoms with Crippen molar-refractivity contribution in [3.8, 4) is 0 Å². The number of rotatable bonds is 6. The number of anilines is 1. The Bertz CT molecular complexity index is 614. The predicted octanol–water partition coefficient (Wildman–Crippen LogP) is 1.95. The van der Waals surface area contributed by atoms with Gasteiger partial charge in [0.05, 0.1) is 12.0 Å². The van der Waals surface area contributed by atoms with Crippen molar-refractivity contribution in [3.63, 3.8) is 0 Å². The summed E-state index contributed by atoms with van der Waals surface area (Å²) in [5, 5.41) is 2.49. The van der Waals surface area contributed by atoms with E-state index in [9.17, 15) is 13.6 Å². The summed E-state index contributed by atoms with van der Waals surface area (Å²) in [7, 11) is 0. The highest BCUT2D eigenvalue weighted by molar-refractivity contribution is 5.95. The van der Waals surface area contributed by atoms with E-state index in [4.69, 9.17) is 5.73 Å². The maximum absolute atomic E-state index is 13.6. The zero-order chi connectivity index (χ0) is 15.2. The lowest BCUT2D eigenvalue weighted by atomic mass is 10.1. The van der Waals surface area contributed by atoms with Gasteiger partial charge in [-0.15, -0.1) is 0 Å². The van der Waals surface area contributed by atoms with Gasteiger partial charge in [0.2, 0.25) is 0 Å². The van der Waals surface area contributed by atoms with Crippen molar-refractivity contribution in [1.29, 1.82) is 0 Å². The number of carbonyl (C=O) groups is 1. The van der Waals surface area contributed by atoms with Crippen molar-refractivity contribution in [2.24, 2.45) is 0 Å². The molecule has 1 aromatic carbocycles. The minimum Gasteiger partial charge on any atom is -0.396 e. The van der Waals surface area contributed by atoms with E-state index in [1.54, 1.807) is 12.5 Å². The Morgan fingerprint density at radius 2 is 2.14 bits per heavy atom. The molecule has 1 aromatic heterocycles. The minimum atomic E-state index is -1.02. The molecule has 0 aliphatic carbocycles. The molecule has 0 radical (unpaired) electrons. The molecule has 0 saturated heterocycles. The maximum Gasteiger partial charge on any atom is 0.257 e. The Balaban J connectivity index is 1.81. The molecule has 0 spiro atoms. The quantitative estimate of drug-likeness (QED) is 0.632. The molecule has 2 rings (SSSR count). The molecule has 1 amide bonds. The topological polar surface area (TPSA) is 72.9 Å². The van der Waals surface area contributed by atoms with Crippen LogP contribution in [0.4, 0.5) is 14.5 Å². The molecule has 2 aromatic rings. The monoisotopic (exact) mass is 294 g/mol. The Kier molecular flexibility index (Phi) is 4.86. The van der Waals surface area contributed by atoms with Gasteiger partial charge < -0.3 is 15.6 Å². The number of carbonyl (C=O) groups excluding carboxylic acids is 1. The Hall–Kier alpha value is -2.44. The third kappa shape index (κ3) is 3.77. The lowest BCUT2D eigenvalue weighted by molar-refractivity contribution is 0.0944. The van der Waals surface area contributed by atoms with Crippen molar-refractivity contribution >= 4 is 11.6 Å². The molecule has 112 valence electrons. The van der Waals surface area contributed by atoms with Crippen LogP contribution in [0.15, 0.2) is 30.9 Å². The summed E-state index contributed by atoms with van der Waals surface area (Å²) < 4.78 is 29.0. The fraction of sp³-hybridized carbons (Fsp3) is 0.286. The number of halogens is 2. The highest BCUT2D eigenvalue weighted by Gasteiger charge is 2.18. The molecule has 0 fully saturated rings. The summed E-state index contributed by atoms with van der Waals surface area (Å²) in [6, 6.07) is 2.07. The summed E-state index contributed by atoms with van der Waals surface area (Å²) >= 11 is 0. The first-order chi connectivity index (χ1) is 10.1. The molecule has 0 saturated carbocycles. The van der Waals surface area contributed by atoms with Crippen molar-refractivity contribution in [2.75, 3.05) is 12.3 Å². The molecule has 1 heterocycles. The molecular weight excluding hydrogens is 278 g/mol. The summed E-state index contributed by atoms with van der Waals surface area (Å²) in [5.41, 5.74) is 4.44. The van der Waals surface area contributed by atoms with Crippen LogP contribution in [0.2, 0.25) is 0 Å². The molecule has 0 aliphatic heterocycles. The van der Waals surface area contributed by atoms with Crippen molar-refractivity contribution < 1.29 is 13.6 Å². The van der Waals surface area contributed by atoms with Gasteiger partial charge in [0, 0.05) is 25.5 Å². The van der Waals surface area contributed by atoms with Crippen LogP contribution < -0.4 is 11.1 Å². The molecule has 0 atom stereocenters. The summed E-state index contributed by atoms with van der Waals surface area (Å²) in [6.45, 7) is 1.11. The highest BCUT2D eigenvalue weighted by atomic mass is 19.1. The molecule has 5 nitrogen and oxygen atoms in total. The van der Waals surface area contributed by atoms with Gasteiger partial charge in [0.15, 0.2) is 5.82 Å². The second-order valence-electron chi connectivity index (χ2n) is 4.59. The van der Waals surface area contributed by atoms with Gasteiger partial charge in [-0.1, -0.05) is 0 Å². The van der Waals surface area contributed by atoms with E-state index in [1.165, 1.54) is 0 Å². The van der Waals surface area contributed by atoms with E-state index >= 15 is 0 Å². The number of unbranched alkanes of at least 4 members (excludes halogenated alkanes) is 1. The van der Waals surface area contributed by atoms with Crippen LogP contribution in [-0.4, -0.2) is 22.0 Å². The average Bonchev–Trinajstić information content (AvgIpc) is 2.96. The van der Waals surface area contributed by atoms with Crippen LogP contribution >= 0.6 is 0 Å². The van der Waals surface area contributed by atoms with Gasteiger partial charge in [0.1, 0.15) is 11.4 Å². The van der Waals surface area contributed by atoms with Crippen molar-refractivity contribution in [3.05, 3.63) is 48.1 Å². The Labute approximate surface area is 120 Å². The van der Waals surface area contributed by atoms with E-state index in [0.29, 0.717) is 13.0 Å². The third-order valence-corrected chi connectivity index (χ3v) is 3.04. The predicted molar refractivity (Wildman–Crippen MR) is 74.6 cm³/mol. The first kappa shape index (κ1) is 15.0. The standard InChI is InChI=1S/C14H16F2N4O/c15-10-3-4-11(17)13(16)12(10)14(21)19-5-1-2-7-20-8-6-18-9-20/h3-4,6,8-9H,1-2,5,7,17H2,(H,19,21). The van der Waals surface area contributed by atoms with Gasteiger partial charge >= 0.3 is 0 Å². The van der Waals surface area contributed by atoms with E-state index < -0.39 is 23.1 Å². The molecule has 0 bridgehead atoms. The molecule has 0 aliphatic rings. The SMILES string of the molecule is Nc1ccc(F)c(C(=O)NCCCCn2ccnc2)c1F. The molecule has 3 N–H and O–H groups in total. The van der Waals surface area contributed by atoms with Gasteiger partial charge in [-0.05, 0) is 25.0 Å². The maximum atomic E-state index is 13.6. The zero-order valence-corrected chi connectivity index (χ0v) is 11.4. The fourth-order valence-electron chi connectivity index (χ4n) is 1.91. The lowest BCUT2D eigenvalue weighted by Gasteiger charge is -2.08. The van der Waals surface area contributed by atoms with Crippen LogP contribution in [0.5, 0.6) is 0 Å². The van der Waals surface area contributed by atoms with Crippen LogP contribution in [-0.2, 0) is 6.54 Å². The number of nitrogens with zero attached hydrogens (tertiary/aromatic N) is 2. The summed E-state index contributed by atoms with van der Waals surface area (Å²) in [6.07, 6.45) is 6.74. The first-order valence-electron chi connectivity index (χ1n) is 6.57. The number of imidazole rings is 1. The normalized spacial score (nSPS) is 10.6. The smallest absolute Gasteiger partial charge is 0.257 e. The lowest BCUT2D eigenvalue weighted by Crippen LogP contribution is -2.27. The van der Waals surface area contributed by atoms with Gasteiger partial charge in [-0.25, -0.2) is 13.8 Å². The van der Waals surface area contributed by atoms with Gasteiger partial charge in [-0.3, -0.25) is 4.79 Å². The number of nitrogen functional groups attached to an aromatic ring is 1. The number of nitrogens with one attached hydrogen (secondary N) is 1. The van der Waals surface area contributed by atoms with Gasteiger partial charge in [0.25, 0.3) is 5.91 Å². The van der Waals surface area contributed by atoms with Crippen LogP contribution in [0.3, 0.4) is 0 Å². The summed E-state index contributed by atoms with van der Waals surface area (Å²) in [4.78, 5) is 15.7. The van der Waals surface area contributed by atoms with E-state index in [-0.39, 0.29) is 5.69 Å². The number of benzene rings is 1. The van der Waals surface area contributed by atoms with Crippen molar-refractivity contribution in [1.82, 2.24) is 14.9 Å². The molecule has 0 unspecified atom stereocenters. The van der Waals surface area contributed by atoms with E-state index in [0.717, 1.165) is 25.1 Å². The fourth-order valence-corrected chi connectivity index (χ4v) is 1.91. The summed E-state index contributed by atoms with van der Waals surface area (Å²) in [5.74, 6) is -2.73. The first-order valence-corrected chi connectivity index (χ1v) is 6.57. The number of aryl methyl sites for hydroxylation is 1. The van der Waals surface area contributed by atoms with E-state index in [2.05, 4.69) is 10.3 Å². The third-order valence-electron chi connectivity index (χ3n) is 3.04. The van der Waals surface area contributed by atoms with Crippen LogP contribution in [0, 0.1) is 11.6 Å². The highest BCUT2D eigenvalue weighted by Crippen LogP contribution is 2.18.